The van der Waals surface area contributed by atoms with Crippen LogP contribution in [0.1, 0.15) is 5.69 Å². The molecule has 104 valence electrons. The fourth-order valence-corrected chi connectivity index (χ4v) is 1.57. The Hall–Kier alpha value is -2.70. The number of rotatable bonds is 4. The van der Waals surface area contributed by atoms with Gasteiger partial charge in [0.2, 0.25) is 11.9 Å². The summed E-state index contributed by atoms with van der Waals surface area (Å²) in [7, 11) is 0. The molecule has 0 saturated heterocycles. The van der Waals surface area contributed by atoms with Crippen LogP contribution in [0, 0.1) is 12.7 Å². The van der Waals surface area contributed by atoms with Gasteiger partial charge >= 0.3 is 0 Å². The van der Waals surface area contributed by atoms with Crippen LogP contribution in [-0.4, -0.2) is 22.4 Å². The second-order valence-corrected chi connectivity index (χ2v) is 4.17. The minimum absolute atomic E-state index is 0.0136. The first kappa shape index (κ1) is 13.7. The minimum Gasteiger partial charge on any atom is -0.384 e. The Kier molecular flexibility index (Phi) is 4.09. The summed E-state index contributed by atoms with van der Waals surface area (Å²) < 4.78 is 12.7. The highest BCUT2D eigenvalue weighted by atomic mass is 19.1. The predicted octanol–water partition coefficient (Wildman–Crippen LogP) is 1.56. The molecule has 0 unspecified atom stereocenters. The molecule has 2 aromatic rings. The molecule has 0 atom stereocenters. The fraction of sp³-hybridized carbons (Fsp3) is 0.154. The Morgan fingerprint density at radius 2 is 2.00 bits per heavy atom. The van der Waals surface area contributed by atoms with E-state index in [1.54, 1.807) is 13.0 Å². The van der Waals surface area contributed by atoms with Crippen LogP contribution in [0.2, 0.25) is 0 Å². The van der Waals surface area contributed by atoms with Gasteiger partial charge in [0.15, 0.2) is 0 Å². The number of nitrogens with zero attached hydrogens (tertiary/aromatic N) is 2. The van der Waals surface area contributed by atoms with Crippen LogP contribution in [0.25, 0.3) is 0 Å². The van der Waals surface area contributed by atoms with Gasteiger partial charge in [0.05, 0.1) is 6.54 Å². The van der Waals surface area contributed by atoms with Crippen molar-refractivity contribution in [2.24, 2.45) is 0 Å². The second-order valence-electron chi connectivity index (χ2n) is 4.17. The van der Waals surface area contributed by atoms with Gasteiger partial charge in [-0.2, -0.15) is 4.98 Å². The van der Waals surface area contributed by atoms with Gasteiger partial charge in [-0.25, -0.2) is 9.37 Å². The van der Waals surface area contributed by atoms with Crippen molar-refractivity contribution >= 4 is 23.4 Å². The molecule has 0 aliphatic heterocycles. The number of anilines is 3. The van der Waals surface area contributed by atoms with Gasteiger partial charge in [-0.3, -0.25) is 4.79 Å². The number of aryl methyl sites for hydroxylation is 1. The maximum absolute atomic E-state index is 12.7. The smallest absolute Gasteiger partial charge is 0.243 e. The van der Waals surface area contributed by atoms with Crippen molar-refractivity contribution in [2.75, 3.05) is 22.9 Å². The number of carbonyl (C=O) groups is 1. The number of aromatic nitrogens is 2. The SMILES string of the molecule is Cc1cc(N)nc(NCC(=O)Nc2ccc(F)cc2)n1. The Labute approximate surface area is 115 Å². The highest BCUT2D eigenvalue weighted by Crippen LogP contribution is 2.08. The quantitative estimate of drug-likeness (QED) is 0.787. The lowest BCUT2D eigenvalue weighted by atomic mass is 10.3. The zero-order chi connectivity index (χ0) is 14.5. The van der Waals surface area contributed by atoms with E-state index < -0.39 is 0 Å². The summed E-state index contributed by atoms with van der Waals surface area (Å²) in [5.74, 6) is -0.0271. The molecule has 0 radical (unpaired) electrons. The number of nitrogens with two attached hydrogens (primary N) is 1. The average Bonchev–Trinajstić information content (AvgIpc) is 2.38. The van der Waals surface area contributed by atoms with Crippen LogP contribution in [0.3, 0.4) is 0 Å². The number of nitrogen functional groups attached to an aromatic ring is 1. The normalized spacial score (nSPS) is 10.1. The molecule has 4 N–H and O–H groups in total. The Morgan fingerprint density at radius 3 is 2.65 bits per heavy atom. The lowest BCUT2D eigenvalue weighted by molar-refractivity contribution is -0.114. The van der Waals surface area contributed by atoms with Gasteiger partial charge in [0, 0.05) is 17.4 Å². The summed E-state index contributed by atoms with van der Waals surface area (Å²) in [4.78, 5) is 19.7. The fourth-order valence-electron chi connectivity index (χ4n) is 1.57. The van der Waals surface area contributed by atoms with Crippen molar-refractivity contribution in [2.45, 2.75) is 6.92 Å². The molecular weight excluding hydrogens is 261 g/mol. The van der Waals surface area contributed by atoms with E-state index in [1.165, 1.54) is 24.3 Å². The summed E-state index contributed by atoms with van der Waals surface area (Å²) in [5.41, 5.74) is 6.80. The molecule has 1 aromatic carbocycles. The molecule has 6 nitrogen and oxygen atoms in total. The first-order chi connectivity index (χ1) is 9.52. The highest BCUT2D eigenvalue weighted by molar-refractivity contribution is 5.93. The molecule has 0 saturated carbocycles. The molecule has 2 rings (SSSR count). The molecule has 0 aliphatic carbocycles. The molecule has 0 bridgehead atoms. The van der Waals surface area contributed by atoms with Gasteiger partial charge < -0.3 is 16.4 Å². The number of nitrogens with one attached hydrogen (secondary N) is 2. The van der Waals surface area contributed by atoms with Crippen LogP contribution in [0.15, 0.2) is 30.3 Å². The number of hydrogen-bond acceptors (Lipinski definition) is 5. The summed E-state index contributed by atoms with van der Waals surface area (Å²) in [5, 5.41) is 5.38. The first-order valence-electron chi connectivity index (χ1n) is 5.93. The van der Waals surface area contributed by atoms with E-state index in [2.05, 4.69) is 20.6 Å². The van der Waals surface area contributed by atoms with Gasteiger partial charge in [-0.15, -0.1) is 0 Å². The third kappa shape index (κ3) is 3.91. The van der Waals surface area contributed by atoms with Crippen LogP contribution in [0.5, 0.6) is 0 Å². The zero-order valence-corrected chi connectivity index (χ0v) is 10.9. The first-order valence-corrected chi connectivity index (χ1v) is 5.93. The molecule has 20 heavy (non-hydrogen) atoms. The predicted molar refractivity (Wildman–Crippen MR) is 74.7 cm³/mol. The lowest BCUT2D eigenvalue weighted by Crippen LogP contribution is -2.22. The molecule has 1 heterocycles. The molecule has 0 aliphatic rings. The van der Waals surface area contributed by atoms with E-state index in [1.807, 2.05) is 0 Å². The number of benzene rings is 1. The van der Waals surface area contributed by atoms with Crippen molar-refractivity contribution in [1.29, 1.82) is 0 Å². The van der Waals surface area contributed by atoms with Crippen LogP contribution in [0.4, 0.5) is 21.8 Å². The zero-order valence-electron chi connectivity index (χ0n) is 10.9. The van der Waals surface area contributed by atoms with Crippen LogP contribution >= 0.6 is 0 Å². The van der Waals surface area contributed by atoms with Crippen molar-refractivity contribution < 1.29 is 9.18 Å². The third-order valence-corrected chi connectivity index (χ3v) is 2.41. The Morgan fingerprint density at radius 1 is 1.30 bits per heavy atom. The minimum atomic E-state index is -0.357. The maximum atomic E-state index is 12.7. The number of carbonyl (C=O) groups excluding carboxylic acids is 1. The van der Waals surface area contributed by atoms with Gasteiger partial charge in [-0.05, 0) is 31.2 Å². The van der Waals surface area contributed by atoms with E-state index in [-0.39, 0.29) is 24.2 Å². The Bertz CT molecular complexity index is 594. The third-order valence-electron chi connectivity index (χ3n) is 2.41. The van der Waals surface area contributed by atoms with Crippen molar-refractivity contribution in [3.8, 4) is 0 Å². The molecule has 0 spiro atoms. The van der Waals surface area contributed by atoms with E-state index >= 15 is 0 Å². The summed E-state index contributed by atoms with van der Waals surface area (Å²) >= 11 is 0. The van der Waals surface area contributed by atoms with Crippen molar-refractivity contribution in [3.63, 3.8) is 0 Å². The Balaban J connectivity index is 1.90. The summed E-state index contributed by atoms with van der Waals surface area (Å²) in [6.45, 7) is 1.77. The maximum Gasteiger partial charge on any atom is 0.243 e. The molecule has 0 fully saturated rings. The number of hydrogen-bond donors (Lipinski definition) is 3. The molecule has 7 heteroatoms. The van der Waals surface area contributed by atoms with Gasteiger partial charge in [0.25, 0.3) is 0 Å². The molecular formula is C13H14FN5O. The summed E-state index contributed by atoms with van der Waals surface area (Å²) in [6, 6.07) is 7.13. The van der Waals surface area contributed by atoms with Gasteiger partial charge in [-0.1, -0.05) is 0 Å². The molecule has 1 amide bonds. The van der Waals surface area contributed by atoms with E-state index in [0.717, 1.165) is 0 Å². The van der Waals surface area contributed by atoms with E-state index in [0.29, 0.717) is 17.2 Å². The highest BCUT2D eigenvalue weighted by Gasteiger charge is 2.05. The molecule has 1 aromatic heterocycles. The number of amides is 1. The van der Waals surface area contributed by atoms with E-state index in [4.69, 9.17) is 5.73 Å². The van der Waals surface area contributed by atoms with Crippen molar-refractivity contribution in [3.05, 3.63) is 41.8 Å². The standard InChI is InChI=1S/C13H14FN5O/c1-8-6-11(15)19-13(17-8)16-7-12(20)18-10-4-2-9(14)3-5-10/h2-6H,7H2,1H3,(H,18,20)(H3,15,16,17,19). The lowest BCUT2D eigenvalue weighted by Gasteiger charge is -2.07. The second kappa shape index (κ2) is 5.96. The topological polar surface area (TPSA) is 92.9 Å². The number of halogens is 1. The summed E-state index contributed by atoms with van der Waals surface area (Å²) in [6.07, 6.45) is 0. The van der Waals surface area contributed by atoms with E-state index in [9.17, 15) is 9.18 Å². The monoisotopic (exact) mass is 275 g/mol. The van der Waals surface area contributed by atoms with Crippen LogP contribution in [-0.2, 0) is 4.79 Å². The van der Waals surface area contributed by atoms with Gasteiger partial charge in [0.1, 0.15) is 11.6 Å². The largest absolute Gasteiger partial charge is 0.384 e. The van der Waals surface area contributed by atoms with Crippen LogP contribution < -0.4 is 16.4 Å². The van der Waals surface area contributed by atoms with Crippen molar-refractivity contribution in [1.82, 2.24) is 9.97 Å². The average molecular weight is 275 g/mol.